The summed E-state index contributed by atoms with van der Waals surface area (Å²) in [4.78, 5) is 6.35. The van der Waals surface area contributed by atoms with Crippen molar-refractivity contribution in [1.29, 1.82) is 0 Å². The second kappa shape index (κ2) is 2.52. The van der Waals surface area contributed by atoms with Crippen molar-refractivity contribution in [3.63, 3.8) is 0 Å². The van der Waals surface area contributed by atoms with Crippen molar-refractivity contribution in [3.8, 4) is 0 Å². The zero-order chi connectivity index (χ0) is 9.47. The Kier molecular flexibility index (Phi) is 1.58. The quantitative estimate of drug-likeness (QED) is 0.721. The maximum atomic E-state index is 12.8. The maximum absolute atomic E-state index is 12.8. The standard InChI is InChI=1S/C9H8F2N2/c1-9(10,11)8-12-6-4-2-3-5-7(6)13-8/h2-5H,1H3,(H,12,13). The number of alkyl halides is 2. The lowest BCUT2D eigenvalue weighted by atomic mass is 10.3. The summed E-state index contributed by atoms with van der Waals surface area (Å²) < 4.78 is 25.6. The van der Waals surface area contributed by atoms with Crippen LogP contribution in [-0.2, 0) is 5.92 Å². The Labute approximate surface area is 73.6 Å². The van der Waals surface area contributed by atoms with Gasteiger partial charge in [0.2, 0.25) is 0 Å². The van der Waals surface area contributed by atoms with E-state index in [1.54, 1.807) is 24.3 Å². The number of para-hydroxylation sites is 2. The fourth-order valence-electron chi connectivity index (χ4n) is 1.16. The van der Waals surface area contributed by atoms with Gasteiger partial charge in [-0.05, 0) is 12.1 Å². The molecule has 2 rings (SSSR count). The molecule has 0 aliphatic rings. The number of rotatable bonds is 1. The van der Waals surface area contributed by atoms with Crippen LogP contribution in [0.1, 0.15) is 12.7 Å². The van der Waals surface area contributed by atoms with E-state index in [0.717, 1.165) is 6.92 Å². The number of H-pyrrole nitrogens is 1. The molecule has 2 nitrogen and oxygen atoms in total. The van der Waals surface area contributed by atoms with Crippen molar-refractivity contribution in [2.45, 2.75) is 12.8 Å². The summed E-state index contributed by atoms with van der Waals surface area (Å²) in [6.45, 7) is 0.824. The summed E-state index contributed by atoms with van der Waals surface area (Å²) in [5, 5.41) is 0. The lowest BCUT2D eigenvalue weighted by molar-refractivity contribution is 0.00891. The number of hydrogen-bond acceptors (Lipinski definition) is 1. The average molecular weight is 182 g/mol. The van der Waals surface area contributed by atoms with Crippen LogP contribution in [0.15, 0.2) is 24.3 Å². The number of nitrogens with one attached hydrogen (secondary N) is 1. The number of halogens is 2. The number of nitrogens with zero attached hydrogens (tertiary/aromatic N) is 1. The number of aromatic nitrogens is 2. The molecule has 0 atom stereocenters. The topological polar surface area (TPSA) is 28.7 Å². The summed E-state index contributed by atoms with van der Waals surface area (Å²) in [5.74, 6) is -3.19. The van der Waals surface area contributed by atoms with E-state index in [1.165, 1.54) is 0 Å². The summed E-state index contributed by atoms with van der Waals surface area (Å²) in [7, 11) is 0. The Hall–Kier alpha value is -1.45. The lowest BCUT2D eigenvalue weighted by Gasteiger charge is -2.03. The summed E-state index contributed by atoms with van der Waals surface area (Å²) in [6, 6.07) is 6.96. The van der Waals surface area contributed by atoms with Gasteiger partial charge in [0.15, 0.2) is 5.82 Å². The smallest absolute Gasteiger partial charge is 0.301 e. The molecule has 0 radical (unpaired) electrons. The second-order valence-electron chi connectivity index (χ2n) is 2.99. The van der Waals surface area contributed by atoms with Crippen LogP contribution in [0.3, 0.4) is 0 Å². The third kappa shape index (κ3) is 1.39. The molecule has 0 spiro atoms. The molecule has 0 bridgehead atoms. The van der Waals surface area contributed by atoms with E-state index in [2.05, 4.69) is 9.97 Å². The van der Waals surface area contributed by atoms with E-state index in [-0.39, 0.29) is 5.82 Å². The van der Waals surface area contributed by atoms with E-state index < -0.39 is 5.92 Å². The molecule has 68 valence electrons. The maximum Gasteiger partial charge on any atom is 0.301 e. The van der Waals surface area contributed by atoms with Crippen molar-refractivity contribution < 1.29 is 8.78 Å². The molecule has 1 aromatic carbocycles. The second-order valence-corrected chi connectivity index (χ2v) is 2.99. The normalized spacial score (nSPS) is 12.2. The molecule has 4 heteroatoms. The first kappa shape index (κ1) is 8.16. The highest BCUT2D eigenvalue weighted by Gasteiger charge is 2.28. The first-order valence-corrected chi connectivity index (χ1v) is 3.90. The molecule has 0 unspecified atom stereocenters. The first-order chi connectivity index (χ1) is 6.07. The van der Waals surface area contributed by atoms with Gasteiger partial charge in [-0.1, -0.05) is 12.1 Å². The minimum atomic E-state index is -2.90. The first-order valence-electron chi connectivity index (χ1n) is 3.90. The highest BCUT2D eigenvalue weighted by Crippen LogP contribution is 2.25. The molecule has 0 amide bonds. The van der Waals surface area contributed by atoms with Crippen LogP contribution >= 0.6 is 0 Å². The fourth-order valence-corrected chi connectivity index (χ4v) is 1.16. The molecular weight excluding hydrogens is 174 g/mol. The van der Waals surface area contributed by atoms with Crippen molar-refractivity contribution in [1.82, 2.24) is 9.97 Å². The van der Waals surface area contributed by atoms with Gasteiger partial charge < -0.3 is 4.98 Å². The Morgan fingerprint density at radius 1 is 1.31 bits per heavy atom. The van der Waals surface area contributed by atoms with Gasteiger partial charge >= 0.3 is 5.92 Å². The SMILES string of the molecule is CC(F)(F)c1nc2ccccc2[nH]1. The summed E-state index contributed by atoms with van der Waals surface area (Å²) in [6.07, 6.45) is 0. The monoisotopic (exact) mass is 182 g/mol. The van der Waals surface area contributed by atoms with Crippen LogP contribution < -0.4 is 0 Å². The van der Waals surface area contributed by atoms with E-state index in [1.807, 2.05) is 0 Å². The van der Waals surface area contributed by atoms with Gasteiger partial charge in [0.05, 0.1) is 11.0 Å². The number of imidazole rings is 1. The fraction of sp³-hybridized carbons (Fsp3) is 0.222. The Morgan fingerprint density at radius 2 is 2.00 bits per heavy atom. The molecule has 2 aromatic rings. The molecule has 1 N–H and O–H groups in total. The molecule has 0 saturated heterocycles. The van der Waals surface area contributed by atoms with Crippen LogP contribution in [0.25, 0.3) is 11.0 Å². The molecule has 0 fully saturated rings. The summed E-state index contributed by atoms with van der Waals surface area (Å²) >= 11 is 0. The minimum Gasteiger partial charge on any atom is -0.337 e. The van der Waals surface area contributed by atoms with Crippen LogP contribution in [0.4, 0.5) is 8.78 Å². The van der Waals surface area contributed by atoms with Gasteiger partial charge in [0.25, 0.3) is 0 Å². The Morgan fingerprint density at radius 3 is 2.62 bits per heavy atom. The Balaban J connectivity index is 2.63. The highest BCUT2D eigenvalue weighted by molar-refractivity contribution is 5.74. The van der Waals surface area contributed by atoms with E-state index in [0.29, 0.717) is 11.0 Å². The largest absolute Gasteiger partial charge is 0.337 e. The number of fused-ring (bicyclic) bond motifs is 1. The zero-order valence-electron chi connectivity index (χ0n) is 7.01. The third-order valence-electron chi connectivity index (χ3n) is 1.81. The van der Waals surface area contributed by atoms with Crippen LogP contribution in [0, 0.1) is 0 Å². The molecule has 0 aliphatic heterocycles. The molecule has 1 aromatic heterocycles. The number of hydrogen-bond donors (Lipinski definition) is 1. The van der Waals surface area contributed by atoms with E-state index >= 15 is 0 Å². The number of aromatic amines is 1. The molecule has 0 saturated carbocycles. The van der Waals surface area contributed by atoms with Crippen LogP contribution in [-0.4, -0.2) is 9.97 Å². The van der Waals surface area contributed by atoms with Gasteiger partial charge in [0, 0.05) is 6.92 Å². The van der Waals surface area contributed by atoms with Gasteiger partial charge in [-0.15, -0.1) is 0 Å². The predicted molar refractivity (Wildman–Crippen MR) is 45.7 cm³/mol. The van der Waals surface area contributed by atoms with E-state index in [4.69, 9.17) is 0 Å². The highest BCUT2D eigenvalue weighted by atomic mass is 19.3. The summed E-state index contributed by atoms with van der Waals surface area (Å²) in [5.41, 5.74) is 1.21. The van der Waals surface area contributed by atoms with Crippen LogP contribution in [0.5, 0.6) is 0 Å². The minimum absolute atomic E-state index is 0.284. The van der Waals surface area contributed by atoms with Gasteiger partial charge in [-0.2, -0.15) is 8.78 Å². The van der Waals surface area contributed by atoms with Crippen molar-refractivity contribution in [2.75, 3.05) is 0 Å². The third-order valence-corrected chi connectivity index (χ3v) is 1.81. The molecule has 1 heterocycles. The van der Waals surface area contributed by atoms with Gasteiger partial charge in [0.1, 0.15) is 0 Å². The van der Waals surface area contributed by atoms with Crippen molar-refractivity contribution in [3.05, 3.63) is 30.1 Å². The van der Waals surface area contributed by atoms with Crippen molar-refractivity contribution >= 4 is 11.0 Å². The average Bonchev–Trinajstić information content (AvgIpc) is 2.45. The van der Waals surface area contributed by atoms with Gasteiger partial charge in [-0.25, -0.2) is 4.98 Å². The number of benzene rings is 1. The Bertz CT molecular complexity index is 395. The molecule has 0 aliphatic carbocycles. The molecule has 13 heavy (non-hydrogen) atoms. The lowest BCUT2D eigenvalue weighted by Crippen LogP contribution is -2.08. The van der Waals surface area contributed by atoms with Gasteiger partial charge in [-0.3, -0.25) is 0 Å². The van der Waals surface area contributed by atoms with Crippen molar-refractivity contribution in [2.24, 2.45) is 0 Å². The zero-order valence-corrected chi connectivity index (χ0v) is 7.01. The predicted octanol–water partition coefficient (Wildman–Crippen LogP) is 2.67. The van der Waals surface area contributed by atoms with E-state index in [9.17, 15) is 8.78 Å². The van der Waals surface area contributed by atoms with Crippen LogP contribution in [0.2, 0.25) is 0 Å². The molecular formula is C9H8F2N2.